The predicted molar refractivity (Wildman–Crippen MR) is 129 cm³/mol. The second-order valence-electron chi connectivity index (χ2n) is 7.07. The Morgan fingerprint density at radius 3 is 2.40 bits per heavy atom. The molecule has 0 spiro atoms. The van der Waals surface area contributed by atoms with Crippen molar-refractivity contribution in [2.24, 2.45) is 0 Å². The minimum atomic E-state index is 0.897. The van der Waals surface area contributed by atoms with Crippen LogP contribution in [0, 0.1) is 0 Å². The maximum absolute atomic E-state index is 5.11. The molecular formula is C26H16N2S2. The van der Waals surface area contributed by atoms with E-state index in [2.05, 4.69) is 77.1 Å². The van der Waals surface area contributed by atoms with E-state index in [4.69, 9.17) is 4.98 Å². The molecular weight excluding hydrogens is 404 g/mol. The first-order chi connectivity index (χ1) is 14.9. The van der Waals surface area contributed by atoms with Gasteiger partial charge in [-0.3, -0.25) is 4.98 Å². The summed E-state index contributed by atoms with van der Waals surface area (Å²) < 4.78 is 1.28. The number of hydrogen-bond donors (Lipinski definition) is 0. The SMILES string of the molecule is c1ccc(-c2nc3ccccc3c(-c3cccs3)c2-c2cc3ccccc3s2)nc1. The molecule has 0 unspecified atom stereocenters. The lowest BCUT2D eigenvalue weighted by Crippen LogP contribution is -1.95. The molecule has 0 fully saturated rings. The zero-order chi connectivity index (χ0) is 19.9. The largest absolute Gasteiger partial charge is 0.255 e. The molecule has 6 aromatic rings. The van der Waals surface area contributed by atoms with Crippen LogP contribution in [-0.2, 0) is 0 Å². The molecule has 30 heavy (non-hydrogen) atoms. The number of rotatable bonds is 3. The third kappa shape index (κ3) is 2.84. The summed E-state index contributed by atoms with van der Waals surface area (Å²) in [6, 6.07) is 29.6. The van der Waals surface area contributed by atoms with Gasteiger partial charge in [0.2, 0.25) is 0 Å². The summed E-state index contributed by atoms with van der Waals surface area (Å²) in [4.78, 5) is 12.2. The van der Waals surface area contributed by atoms with E-state index in [1.807, 2.05) is 35.7 Å². The highest BCUT2D eigenvalue weighted by atomic mass is 32.1. The van der Waals surface area contributed by atoms with Gasteiger partial charge in [-0.25, -0.2) is 4.98 Å². The summed E-state index contributed by atoms with van der Waals surface area (Å²) in [5, 5.41) is 4.57. The van der Waals surface area contributed by atoms with Crippen molar-refractivity contribution in [3.05, 3.63) is 96.5 Å². The van der Waals surface area contributed by atoms with Crippen molar-refractivity contribution < 1.29 is 0 Å². The molecule has 0 aliphatic rings. The van der Waals surface area contributed by atoms with E-state index in [-0.39, 0.29) is 0 Å². The van der Waals surface area contributed by atoms with Gasteiger partial charge >= 0.3 is 0 Å². The first-order valence-corrected chi connectivity index (χ1v) is 11.4. The summed E-state index contributed by atoms with van der Waals surface area (Å²) in [5.41, 5.74) is 5.23. The number of aromatic nitrogens is 2. The lowest BCUT2D eigenvalue weighted by atomic mass is 9.96. The number of pyridine rings is 2. The highest BCUT2D eigenvalue weighted by Gasteiger charge is 2.22. The fourth-order valence-corrected chi connectivity index (χ4v) is 5.83. The van der Waals surface area contributed by atoms with Crippen LogP contribution in [0.15, 0.2) is 96.5 Å². The summed E-state index contributed by atoms with van der Waals surface area (Å²) in [7, 11) is 0. The molecule has 0 saturated heterocycles. The molecule has 0 N–H and O–H groups in total. The Morgan fingerprint density at radius 1 is 0.700 bits per heavy atom. The van der Waals surface area contributed by atoms with E-state index >= 15 is 0 Å². The minimum absolute atomic E-state index is 0.897. The van der Waals surface area contributed by atoms with E-state index in [0.717, 1.165) is 22.5 Å². The van der Waals surface area contributed by atoms with Crippen molar-refractivity contribution in [2.45, 2.75) is 0 Å². The molecule has 4 aromatic heterocycles. The standard InChI is InChI=1S/C26H16N2S2/c1-4-12-21-17(8-1)16-23(30-21)25-24(22-13-7-15-29-22)18-9-2-3-10-19(18)28-26(25)20-11-5-6-14-27-20/h1-16H. The Labute approximate surface area is 182 Å². The van der Waals surface area contributed by atoms with Gasteiger partial charge in [0.25, 0.3) is 0 Å². The van der Waals surface area contributed by atoms with Crippen LogP contribution in [0.2, 0.25) is 0 Å². The molecule has 2 aromatic carbocycles. The molecule has 0 radical (unpaired) electrons. The van der Waals surface area contributed by atoms with Gasteiger partial charge in [-0.15, -0.1) is 22.7 Å². The average Bonchev–Trinajstić information content (AvgIpc) is 3.48. The maximum Gasteiger partial charge on any atom is 0.0986 e. The van der Waals surface area contributed by atoms with Crippen LogP contribution in [-0.4, -0.2) is 9.97 Å². The highest BCUT2D eigenvalue weighted by Crippen LogP contribution is 2.47. The van der Waals surface area contributed by atoms with E-state index in [1.54, 1.807) is 11.3 Å². The quantitative estimate of drug-likeness (QED) is 0.291. The second kappa shape index (κ2) is 7.17. The van der Waals surface area contributed by atoms with Gasteiger partial charge in [0, 0.05) is 37.2 Å². The minimum Gasteiger partial charge on any atom is -0.255 e. The molecule has 0 aliphatic carbocycles. The van der Waals surface area contributed by atoms with Crippen LogP contribution in [0.4, 0.5) is 0 Å². The number of fused-ring (bicyclic) bond motifs is 2. The van der Waals surface area contributed by atoms with Crippen LogP contribution in [0.1, 0.15) is 0 Å². The zero-order valence-electron chi connectivity index (χ0n) is 15.9. The van der Waals surface area contributed by atoms with Crippen LogP contribution in [0.3, 0.4) is 0 Å². The zero-order valence-corrected chi connectivity index (χ0v) is 17.6. The summed E-state index contributed by atoms with van der Waals surface area (Å²) in [6.07, 6.45) is 1.84. The van der Waals surface area contributed by atoms with Crippen molar-refractivity contribution in [3.63, 3.8) is 0 Å². The normalized spacial score (nSPS) is 11.3. The summed E-state index contributed by atoms with van der Waals surface area (Å²) in [5.74, 6) is 0. The topological polar surface area (TPSA) is 25.8 Å². The predicted octanol–water partition coefficient (Wildman–Crippen LogP) is 7.91. The molecule has 6 rings (SSSR count). The molecule has 0 saturated carbocycles. The maximum atomic E-state index is 5.11. The van der Waals surface area contributed by atoms with Gasteiger partial charge in [-0.05, 0) is 47.2 Å². The van der Waals surface area contributed by atoms with Crippen molar-refractivity contribution in [3.8, 4) is 32.3 Å². The van der Waals surface area contributed by atoms with Crippen molar-refractivity contribution in [2.75, 3.05) is 0 Å². The second-order valence-corrected chi connectivity index (χ2v) is 9.10. The smallest absolute Gasteiger partial charge is 0.0986 e. The summed E-state index contributed by atoms with van der Waals surface area (Å²) >= 11 is 3.58. The fourth-order valence-electron chi connectivity index (χ4n) is 3.92. The van der Waals surface area contributed by atoms with Crippen LogP contribution < -0.4 is 0 Å². The van der Waals surface area contributed by atoms with Crippen LogP contribution in [0.5, 0.6) is 0 Å². The van der Waals surface area contributed by atoms with Crippen molar-refractivity contribution in [1.29, 1.82) is 0 Å². The Morgan fingerprint density at radius 2 is 1.57 bits per heavy atom. The van der Waals surface area contributed by atoms with Gasteiger partial charge in [-0.1, -0.05) is 48.5 Å². The molecule has 0 amide bonds. The first-order valence-electron chi connectivity index (χ1n) is 9.75. The number of para-hydroxylation sites is 1. The third-order valence-corrected chi connectivity index (χ3v) is 7.26. The molecule has 4 heterocycles. The van der Waals surface area contributed by atoms with E-state index in [0.29, 0.717) is 0 Å². The van der Waals surface area contributed by atoms with Crippen LogP contribution in [0.25, 0.3) is 53.3 Å². The number of nitrogens with zero attached hydrogens (tertiary/aromatic N) is 2. The van der Waals surface area contributed by atoms with Gasteiger partial charge in [0.05, 0.1) is 16.9 Å². The van der Waals surface area contributed by atoms with E-state index in [9.17, 15) is 0 Å². The third-order valence-electron chi connectivity index (χ3n) is 5.24. The monoisotopic (exact) mass is 420 g/mol. The Bertz CT molecular complexity index is 1450. The first kappa shape index (κ1) is 17.5. The van der Waals surface area contributed by atoms with Gasteiger partial charge < -0.3 is 0 Å². The molecule has 2 nitrogen and oxygen atoms in total. The lowest BCUT2D eigenvalue weighted by molar-refractivity contribution is 1.28. The molecule has 4 heteroatoms. The molecule has 0 bridgehead atoms. The summed E-state index contributed by atoms with van der Waals surface area (Å²) in [6.45, 7) is 0. The number of hydrogen-bond acceptors (Lipinski definition) is 4. The molecule has 142 valence electrons. The Hall–Kier alpha value is -3.34. The van der Waals surface area contributed by atoms with Crippen LogP contribution >= 0.6 is 22.7 Å². The molecule has 0 atom stereocenters. The van der Waals surface area contributed by atoms with Gasteiger partial charge in [-0.2, -0.15) is 0 Å². The fraction of sp³-hybridized carbons (Fsp3) is 0. The van der Waals surface area contributed by atoms with Gasteiger partial charge in [0.15, 0.2) is 0 Å². The highest BCUT2D eigenvalue weighted by molar-refractivity contribution is 7.22. The van der Waals surface area contributed by atoms with Crippen molar-refractivity contribution >= 4 is 43.7 Å². The number of benzene rings is 2. The van der Waals surface area contributed by atoms with E-state index < -0.39 is 0 Å². The Kier molecular flexibility index (Phi) is 4.18. The van der Waals surface area contributed by atoms with E-state index in [1.165, 1.54) is 30.8 Å². The Balaban J connectivity index is 1.79. The number of thiophene rings is 2. The average molecular weight is 421 g/mol. The molecule has 0 aliphatic heterocycles. The lowest BCUT2D eigenvalue weighted by Gasteiger charge is -2.15. The van der Waals surface area contributed by atoms with Crippen molar-refractivity contribution in [1.82, 2.24) is 9.97 Å². The van der Waals surface area contributed by atoms with Gasteiger partial charge in [0.1, 0.15) is 0 Å².